The molecule has 0 saturated carbocycles. The molecule has 0 spiro atoms. The van der Waals surface area contributed by atoms with Gasteiger partial charge < -0.3 is 15.8 Å². The van der Waals surface area contributed by atoms with Crippen molar-refractivity contribution in [2.24, 2.45) is 5.73 Å². The fourth-order valence-corrected chi connectivity index (χ4v) is 1.92. The first kappa shape index (κ1) is 16.7. The summed E-state index contributed by atoms with van der Waals surface area (Å²) >= 11 is 0. The van der Waals surface area contributed by atoms with Gasteiger partial charge in [-0.3, -0.25) is 4.79 Å². The highest BCUT2D eigenvalue weighted by molar-refractivity contribution is 5.94. The lowest BCUT2D eigenvalue weighted by molar-refractivity contribution is 0.0951. The van der Waals surface area contributed by atoms with Crippen molar-refractivity contribution in [2.45, 2.75) is 6.54 Å². The number of carbonyl (C=O) groups excluding carboxylic acids is 1. The zero-order valence-corrected chi connectivity index (χ0v) is 12.7. The fraction of sp³-hybridized carbons (Fsp3) is 0.167. The molecule has 120 valence electrons. The Hall–Kier alpha value is -2.66. The van der Waals surface area contributed by atoms with E-state index in [4.69, 9.17) is 10.5 Å². The van der Waals surface area contributed by atoms with E-state index in [1.54, 1.807) is 24.3 Å². The second-order valence-electron chi connectivity index (χ2n) is 4.87. The molecule has 0 aromatic heterocycles. The number of hydrogen-bond donors (Lipinski definition) is 2. The van der Waals surface area contributed by atoms with Gasteiger partial charge in [0.25, 0.3) is 5.91 Å². The zero-order chi connectivity index (χ0) is 16.5. The number of nitrogens with one attached hydrogen (secondary N) is 1. The van der Waals surface area contributed by atoms with Gasteiger partial charge in [0.15, 0.2) is 0 Å². The van der Waals surface area contributed by atoms with Crippen LogP contribution in [0, 0.1) is 0 Å². The summed E-state index contributed by atoms with van der Waals surface area (Å²) in [6.07, 6.45) is 1.26. The van der Waals surface area contributed by atoms with Gasteiger partial charge >= 0.3 is 0 Å². The summed E-state index contributed by atoms with van der Waals surface area (Å²) in [5.74, 6) is -0.100. The van der Waals surface area contributed by atoms with Crippen molar-refractivity contribution in [3.05, 3.63) is 77.6 Å². The van der Waals surface area contributed by atoms with E-state index < -0.39 is 5.83 Å². The van der Waals surface area contributed by atoms with Crippen molar-refractivity contribution in [3.8, 4) is 5.75 Å². The number of halogens is 1. The molecule has 0 saturated heterocycles. The lowest BCUT2D eigenvalue weighted by Gasteiger charge is -2.07. The Kier molecular flexibility index (Phi) is 6.32. The molecule has 3 N–H and O–H groups in total. The molecule has 5 heteroatoms. The van der Waals surface area contributed by atoms with E-state index in [1.165, 1.54) is 6.08 Å². The highest BCUT2D eigenvalue weighted by Crippen LogP contribution is 2.13. The van der Waals surface area contributed by atoms with E-state index in [-0.39, 0.29) is 19.1 Å². The minimum absolute atomic E-state index is 0.135. The van der Waals surface area contributed by atoms with Gasteiger partial charge in [0, 0.05) is 18.7 Å². The fourth-order valence-electron chi connectivity index (χ4n) is 1.92. The molecule has 2 aromatic rings. The van der Waals surface area contributed by atoms with Gasteiger partial charge in [-0.2, -0.15) is 0 Å². The zero-order valence-electron chi connectivity index (χ0n) is 12.7. The number of amides is 1. The van der Waals surface area contributed by atoms with E-state index in [9.17, 15) is 9.18 Å². The van der Waals surface area contributed by atoms with Crippen molar-refractivity contribution < 1.29 is 13.9 Å². The van der Waals surface area contributed by atoms with Gasteiger partial charge in [-0.05, 0) is 35.9 Å². The standard InChI is InChI=1S/C18H19FN2O2/c19-16(10-11-20)13-23-17-8-6-15(7-9-17)18(22)21-12-14-4-2-1-3-5-14/h1-10H,11-13,20H2,(H,21,22)/b16-10-. The third kappa shape index (κ3) is 5.56. The van der Waals surface area contributed by atoms with Crippen LogP contribution in [0.5, 0.6) is 5.75 Å². The molecule has 0 aliphatic rings. The Labute approximate surface area is 134 Å². The van der Waals surface area contributed by atoms with Crippen LogP contribution in [0.4, 0.5) is 4.39 Å². The van der Waals surface area contributed by atoms with E-state index in [0.717, 1.165) is 5.56 Å². The highest BCUT2D eigenvalue weighted by Gasteiger charge is 2.05. The van der Waals surface area contributed by atoms with Gasteiger partial charge in [0.1, 0.15) is 18.2 Å². The van der Waals surface area contributed by atoms with E-state index >= 15 is 0 Å². The van der Waals surface area contributed by atoms with Gasteiger partial charge in [0.2, 0.25) is 0 Å². The summed E-state index contributed by atoms with van der Waals surface area (Å²) in [5.41, 5.74) is 6.76. The smallest absolute Gasteiger partial charge is 0.251 e. The second-order valence-corrected chi connectivity index (χ2v) is 4.87. The summed E-state index contributed by atoms with van der Waals surface area (Å²) in [6.45, 7) is 0.430. The predicted molar refractivity (Wildman–Crippen MR) is 87.8 cm³/mol. The topological polar surface area (TPSA) is 64.3 Å². The van der Waals surface area contributed by atoms with Crippen LogP contribution in [0.3, 0.4) is 0 Å². The Balaban J connectivity index is 1.86. The third-order valence-corrected chi connectivity index (χ3v) is 3.13. The first-order chi connectivity index (χ1) is 11.2. The lowest BCUT2D eigenvalue weighted by Crippen LogP contribution is -2.22. The van der Waals surface area contributed by atoms with Gasteiger partial charge in [0.05, 0.1) is 0 Å². The van der Waals surface area contributed by atoms with E-state index in [1.807, 2.05) is 30.3 Å². The molecule has 0 fully saturated rings. The van der Waals surface area contributed by atoms with E-state index in [0.29, 0.717) is 17.9 Å². The highest BCUT2D eigenvalue weighted by atomic mass is 19.1. The van der Waals surface area contributed by atoms with Gasteiger partial charge in [-0.1, -0.05) is 30.3 Å². The molecule has 0 aliphatic carbocycles. The van der Waals surface area contributed by atoms with Crippen molar-refractivity contribution >= 4 is 5.91 Å². The minimum Gasteiger partial charge on any atom is -0.487 e. The molecule has 0 atom stereocenters. The van der Waals surface area contributed by atoms with Crippen LogP contribution in [0.2, 0.25) is 0 Å². The maximum atomic E-state index is 13.2. The SMILES string of the molecule is NC/C=C(\F)COc1ccc(C(=O)NCc2ccccc2)cc1. The largest absolute Gasteiger partial charge is 0.487 e. The molecule has 0 bridgehead atoms. The summed E-state index contributed by atoms with van der Waals surface area (Å²) in [4.78, 5) is 12.0. The van der Waals surface area contributed by atoms with E-state index in [2.05, 4.69) is 5.32 Å². The maximum absolute atomic E-state index is 13.2. The van der Waals surface area contributed by atoms with Crippen LogP contribution in [-0.4, -0.2) is 19.1 Å². The Morgan fingerprint density at radius 1 is 1.13 bits per heavy atom. The Morgan fingerprint density at radius 2 is 1.83 bits per heavy atom. The van der Waals surface area contributed by atoms with Crippen molar-refractivity contribution in [1.29, 1.82) is 0 Å². The molecular formula is C18H19FN2O2. The summed E-state index contributed by atoms with van der Waals surface area (Å²) < 4.78 is 18.4. The van der Waals surface area contributed by atoms with Crippen LogP contribution in [0.25, 0.3) is 0 Å². The summed E-state index contributed by atoms with van der Waals surface area (Å²) in [7, 11) is 0. The third-order valence-electron chi connectivity index (χ3n) is 3.13. The molecule has 2 aromatic carbocycles. The normalized spacial score (nSPS) is 11.1. The molecule has 0 heterocycles. The number of hydrogen-bond acceptors (Lipinski definition) is 3. The van der Waals surface area contributed by atoms with Gasteiger partial charge in [-0.15, -0.1) is 0 Å². The molecule has 0 radical (unpaired) electrons. The average molecular weight is 314 g/mol. The summed E-state index contributed by atoms with van der Waals surface area (Å²) in [5, 5.41) is 2.84. The molecule has 4 nitrogen and oxygen atoms in total. The van der Waals surface area contributed by atoms with Crippen LogP contribution >= 0.6 is 0 Å². The molecule has 1 amide bonds. The minimum atomic E-state index is -0.419. The van der Waals surface area contributed by atoms with Crippen LogP contribution in [-0.2, 0) is 6.54 Å². The molecule has 0 aliphatic heterocycles. The Morgan fingerprint density at radius 3 is 2.48 bits per heavy atom. The molecule has 0 unspecified atom stereocenters. The average Bonchev–Trinajstić information content (AvgIpc) is 2.59. The number of nitrogens with two attached hydrogens (primary N) is 1. The number of benzene rings is 2. The monoisotopic (exact) mass is 314 g/mol. The maximum Gasteiger partial charge on any atom is 0.251 e. The Bertz CT molecular complexity index is 654. The number of rotatable bonds is 7. The first-order valence-corrected chi connectivity index (χ1v) is 7.28. The van der Waals surface area contributed by atoms with Crippen molar-refractivity contribution in [2.75, 3.05) is 13.2 Å². The molecule has 2 rings (SSSR count). The molecule has 23 heavy (non-hydrogen) atoms. The van der Waals surface area contributed by atoms with Crippen LogP contribution in [0.1, 0.15) is 15.9 Å². The second kappa shape index (κ2) is 8.70. The van der Waals surface area contributed by atoms with Gasteiger partial charge in [-0.25, -0.2) is 4.39 Å². The quantitative estimate of drug-likeness (QED) is 0.826. The predicted octanol–water partition coefficient (Wildman–Crippen LogP) is 2.81. The van der Waals surface area contributed by atoms with Crippen molar-refractivity contribution in [1.82, 2.24) is 5.32 Å². The summed E-state index contributed by atoms with van der Waals surface area (Å²) in [6, 6.07) is 16.2. The van der Waals surface area contributed by atoms with Crippen molar-refractivity contribution in [3.63, 3.8) is 0 Å². The molecular weight excluding hydrogens is 295 g/mol. The first-order valence-electron chi connectivity index (χ1n) is 7.28. The number of carbonyl (C=O) groups is 1. The number of ether oxygens (including phenoxy) is 1. The van der Waals surface area contributed by atoms with Crippen LogP contribution < -0.4 is 15.8 Å². The van der Waals surface area contributed by atoms with Crippen LogP contribution in [0.15, 0.2) is 66.5 Å². The lowest BCUT2D eigenvalue weighted by atomic mass is 10.2.